The van der Waals surface area contributed by atoms with E-state index in [1.807, 2.05) is 18.9 Å². The number of likely N-dealkylation sites (N-methyl/N-ethyl adjacent to an activating group) is 2. The molecule has 3 N–H and O–H groups in total. The van der Waals surface area contributed by atoms with Gasteiger partial charge in [0.1, 0.15) is 22.2 Å². The fourth-order valence-corrected chi connectivity index (χ4v) is 6.89. The van der Waals surface area contributed by atoms with Crippen LogP contribution < -0.4 is 31.9 Å². The van der Waals surface area contributed by atoms with Crippen LogP contribution in [0.15, 0.2) is 76.3 Å². The molecule has 0 unspecified atom stereocenters. The summed E-state index contributed by atoms with van der Waals surface area (Å²) < 4.78 is 43.2. The van der Waals surface area contributed by atoms with Gasteiger partial charge in [0.25, 0.3) is 11.5 Å². The number of aromatic nitrogens is 2. The Kier molecular flexibility index (Phi) is 12.5. The van der Waals surface area contributed by atoms with Gasteiger partial charge < -0.3 is 25.4 Å². The van der Waals surface area contributed by atoms with Crippen LogP contribution in [0.1, 0.15) is 25.0 Å². The number of nitrogens with zero attached hydrogens (tertiary/aromatic N) is 3. The van der Waals surface area contributed by atoms with Gasteiger partial charge in [0.05, 0.1) is 24.2 Å². The molecule has 2 heterocycles. The minimum atomic E-state index is -0.835. The molecule has 12 nitrogen and oxygen atoms in total. The molecular formula is C37H40F2N6O6S. The van der Waals surface area contributed by atoms with E-state index in [0.717, 1.165) is 16.7 Å². The summed E-state index contributed by atoms with van der Waals surface area (Å²) in [5, 5.41) is 8.29. The van der Waals surface area contributed by atoms with Gasteiger partial charge >= 0.3 is 11.7 Å². The van der Waals surface area contributed by atoms with Gasteiger partial charge in [-0.3, -0.25) is 19.1 Å². The molecule has 0 spiro atoms. The predicted octanol–water partition coefficient (Wildman–Crippen LogP) is 4.94. The van der Waals surface area contributed by atoms with Crippen LogP contribution in [0.5, 0.6) is 5.75 Å². The lowest BCUT2D eigenvalue weighted by Crippen LogP contribution is -2.39. The second kappa shape index (κ2) is 17.2. The third kappa shape index (κ3) is 8.55. The Labute approximate surface area is 302 Å². The van der Waals surface area contributed by atoms with Crippen molar-refractivity contribution in [3.05, 3.63) is 110 Å². The summed E-state index contributed by atoms with van der Waals surface area (Å²) in [7, 11) is 3.46. The number of anilines is 1. The van der Waals surface area contributed by atoms with E-state index in [2.05, 4.69) is 16.0 Å². The maximum absolute atomic E-state index is 15.1. The summed E-state index contributed by atoms with van der Waals surface area (Å²) in [6, 6.07) is 16.2. The van der Waals surface area contributed by atoms with Crippen molar-refractivity contribution in [1.82, 2.24) is 24.7 Å². The standard InChI is InChI=1S/C37H40F2N6O6S/c1-5-40-31(46)22-51-26-16-14-25(15-17-26)45-34(47)32-28(20-43(3)18-19-50-4)33(23-10-12-24(13-11-23)42-36(48)41-6-2)52-35(32)44(37(45)49)21-27-29(38)8-7-9-30(27)39/h7-17H,5-6,18-22H2,1-4H3,(H,40,46)(H2,41,42,48). The normalized spacial score (nSPS) is 11.2. The third-order valence-electron chi connectivity index (χ3n) is 8.14. The molecule has 274 valence electrons. The van der Waals surface area contributed by atoms with Crippen LogP contribution in [0.25, 0.3) is 26.3 Å². The number of benzene rings is 3. The highest BCUT2D eigenvalue weighted by molar-refractivity contribution is 7.22. The highest BCUT2D eigenvalue weighted by atomic mass is 32.1. The fraction of sp³-hybridized carbons (Fsp3) is 0.297. The Bertz CT molecular complexity index is 2150. The summed E-state index contributed by atoms with van der Waals surface area (Å²) in [5.74, 6) is -1.64. The molecular weight excluding hydrogens is 695 g/mol. The highest BCUT2D eigenvalue weighted by Crippen LogP contribution is 2.38. The minimum Gasteiger partial charge on any atom is -0.484 e. The Hall–Kier alpha value is -5.38. The number of hydrogen-bond acceptors (Lipinski definition) is 8. The largest absolute Gasteiger partial charge is 0.484 e. The molecule has 3 amide bonds. The van der Waals surface area contributed by atoms with Crippen LogP contribution >= 0.6 is 11.3 Å². The molecule has 0 saturated carbocycles. The van der Waals surface area contributed by atoms with Gasteiger partial charge in [-0.1, -0.05) is 18.2 Å². The number of amides is 3. The number of carbonyl (C=O) groups is 2. The number of thiophene rings is 1. The number of methoxy groups -OCH3 is 1. The highest BCUT2D eigenvalue weighted by Gasteiger charge is 2.26. The van der Waals surface area contributed by atoms with Crippen molar-refractivity contribution in [2.45, 2.75) is 26.9 Å². The van der Waals surface area contributed by atoms with Crippen LogP contribution in [0.2, 0.25) is 0 Å². The molecule has 0 aliphatic heterocycles. The van der Waals surface area contributed by atoms with Crippen molar-refractivity contribution in [3.63, 3.8) is 0 Å². The molecule has 0 saturated heterocycles. The summed E-state index contributed by atoms with van der Waals surface area (Å²) >= 11 is 1.17. The van der Waals surface area contributed by atoms with Crippen LogP contribution in [0.3, 0.4) is 0 Å². The molecule has 15 heteroatoms. The molecule has 2 aromatic heterocycles. The molecule has 5 rings (SSSR count). The lowest BCUT2D eigenvalue weighted by Gasteiger charge is -2.18. The number of urea groups is 1. The molecule has 0 aliphatic carbocycles. The second-order valence-corrected chi connectivity index (χ2v) is 12.8. The van der Waals surface area contributed by atoms with Gasteiger partial charge in [0, 0.05) is 49.4 Å². The smallest absolute Gasteiger partial charge is 0.337 e. The topological polar surface area (TPSA) is 136 Å². The van der Waals surface area contributed by atoms with Crippen molar-refractivity contribution < 1.29 is 27.8 Å². The molecule has 52 heavy (non-hydrogen) atoms. The van der Waals surface area contributed by atoms with Crippen molar-refractivity contribution >= 4 is 39.2 Å². The van der Waals surface area contributed by atoms with E-state index in [-0.39, 0.29) is 46.6 Å². The first kappa shape index (κ1) is 37.9. The van der Waals surface area contributed by atoms with Crippen LogP contribution in [-0.2, 0) is 22.6 Å². The van der Waals surface area contributed by atoms with E-state index in [0.29, 0.717) is 53.7 Å². The first-order chi connectivity index (χ1) is 25.1. The summed E-state index contributed by atoms with van der Waals surface area (Å²) in [6.45, 7) is 5.00. The Balaban J connectivity index is 1.72. The molecule has 0 radical (unpaired) electrons. The third-order valence-corrected chi connectivity index (χ3v) is 9.44. The monoisotopic (exact) mass is 734 g/mol. The average molecular weight is 735 g/mol. The summed E-state index contributed by atoms with van der Waals surface area (Å²) in [5.41, 5.74) is 0.289. The number of fused-ring (bicyclic) bond motifs is 1. The van der Waals surface area contributed by atoms with Gasteiger partial charge in [0.2, 0.25) is 0 Å². The molecule has 0 atom stereocenters. The first-order valence-electron chi connectivity index (χ1n) is 16.6. The maximum atomic E-state index is 15.1. The van der Waals surface area contributed by atoms with Gasteiger partial charge in [0.15, 0.2) is 6.61 Å². The zero-order chi connectivity index (χ0) is 37.4. The predicted molar refractivity (Wildman–Crippen MR) is 198 cm³/mol. The zero-order valence-corrected chi connectivity index (χ0v) is 30.1. The average Bonchev–Trinajstić information content (AvgIpc) is 3.49. The lowest BCUT2D eigenvalue weighted by molar-refractivity contribution is -0.122. The zero-order valence-electron chi connectivity index (χ0n) is 29.3. The molecule has 3 aromatic carbocycles. The molecule has 0 aliphatic rings. The van der Waals surface area contributed by atoms with E-state index in [1.54, 1.807) is 38.3 Å². The van der Waals surface area contributed by atoms with Crippen molar-refractivity contribution in [1.29, 1.82) is 0 Å². The van der Waals surface area contributed by atoms with Crippen LogP contribution in [0.4, 0.5) is 19.3 Å². The molecule has 0 bridgehead atoms. The minimum absolute atomic E-state index is 0.192. The van der Waals surface area contributed by atoms with E-state index < -0.39 is 29.4 Å². The van der Waals surface area contributed by atoms with Crippen molar-refractivity contribution in [3.8, 4) is 21.9 Å². The maximum Gasteiger partial charge on any atom is 0.337 e. The molecule has 0 fully saturated rings. The number of hydrogen-bond donors (Lipinski definition) is 3. The Morgan fingerprint density at radius 1 is 0.904 bits per heavy atom. The van der Waals surface area contributed by atoms with Gasteiger partial charge in [-0.05, 0) is 80.6 Å². The van der Waals surface area contributed by atoms with Crippen LogP contribution in [-0.4, -0.2) is 73.0 Å². The molecule has 5 aromatic rings. The van der Waals surface area contributed by atoms with Gasteiger partial charge in [-0.2, -0.15) is 0 Å². The Morgan fingerprint density at radius 2 is 1.58 bits per heavy atom. The number of nitrogens with one attached hydrogen (secondary N) is 3. The summed E-state index contributed by atoms with van der Waals surface area (Å²) in [4.78, 5) is 55.8. The van der Waals surface area contributed by atoms with E-state index in [4.69, 9.17) is 9.47 Å². The number of rotatable bonds is 15. The Morgan fingerprint density at radius 3 is 2.21 bits per heavy atom. The number of carbonyl (C=O) groups excluding carboxylic acids is 2. The second-order valence-electron chi connectivity index (χ2n) is 11.8. The summed E-state index contributed by atoms with van der Waals surface area (Å²) in [6.07, 6.45) is 0. The number of halogens is 2. The van der Waals surface area contributed by atoms with E-state index >= 15 is 8.78 Å². The quantitative estimate of drug-likeness (QED) is 0.139. The van der Waals surface area contributed by atoms with Gasteiger partial charge in [-0.25, -0.2) is 22.9 Å². The van der Waals surface area contributed by atoms with Crippen LogP contribution in [0, 0.1) is 11.6 Å². The SMILES string of the molecule is CCNC(=O)COc1ccc(-n2c(=O)c3c(CN(C)CCOC)c(-c4ccc(NC(=O)NCC)cc4)sc3n(Cc3c(F)cccc3F)c2=O)cc1. The van der Waals surface area contributed by atoms with E-state index in [9.17, 15) is 19.2 Å². The van der Waals surface area contributed by atoms with Crippen molar-refractivity contribution in [2.75, 3.05) is 52.3 Å². The van der Waals surface area contributed by atoms with Gasteiger partial charge in [-0.15, -0.1) is 11.3 Å². The fourth-order valence-electron chi connectivity index (χ4n) is 5.59. The van der Waals surface area contributed by atoms with E-state index in [1.165, 1.54) is 46.2 Å². The number of ether oxygens (including phenoxy) is 2. The first-order valence-corrected chi connectivity index (χ1v) is 17.4. The van der Waals surface area contributed by atoms with Crippen molar-refractivity contribution in [2.24, 2.45) is 0 Å². The lowest BCUT2D eigenvalue weighted by atomic mass is 10.1.